The maximum absolute atomic E-state index is 11.2. The minimum atomic E-state index is -2.42. The molecule has 0 aromatic rings. The van der Waals surface area contributed by atoms with E-state index >= 15 is 0 Å². The van der Waals surface area contributed by atoms with E-state index in [-0.39, 0.29) is 5.91 Å². The summed E-state index contributed by atoms with van der Waals surface area (Å²) in [6, 6.07) is 0.785. The van der Waals surface area contributed by atoms with Crippen LogP contribution in [-0.2, 0) is 18.1 Å². The predicted molar refractivity (Wildman–Crippen MR) is 68.4 cm³/mol. The summed E-state index contributed by atoms with van der Waals surface area (Å²) in [5.41, 5.74) is 0. The van der Waals surface area contributed by atoms with Crippen molar-refractivity contribution in [1.29, 1.82) is 0 Å². The molecule has 7 heteroatoms. The summed E-state index contributed by atoms with van der Waals surface area (Å²) in [5, 5.41) is 2.67. The average Bonchev–Trinajstić information content (AvgIpc) is 2.35. The van der Waals surface area contributed by atoms with E-state index in [0.717, 1.165) is 25.3 Å². The molecule has 0 saturated carbocycles. The van der Waals surface area contributed by atoms with Gasteiger partial charge in [0, 0.05) is 33.8 Å². The van der Waals surface area contributed by atoms with Gasteiger partial charge in [-0.25, -0.2) is 0 Å². The number of carbonyl (C=O) groups is 1. The van der Waals surface area contributed by atoms with E-state index in [1.807, 2.05) is 0 Å². The van der Waals surface area contributed by atoms with E-state index in [1.165, 1.54) is 0 Å². The topological polar surface area (TPSA) is 56.8 Å². The minimum absolute atomic E-state index is 0. The number of amides is 1. The molecule has 1 N–H and O–H groups in total. The molecule has 0 aliphatic carbocycles. The van der Waals surface area contributed by atoms with Crippen molar-refractivity contribution in [3.05, 3.63) is 6.92 Å². The third-order valence-electron chi connectivity index (χ3n) is 2.64. The Kier molecular flexibility index (Phi) is 11.3. The molecule has 0 saturated heterocycles. The maximum Gasteiger partial charge on any atom is 0.500 e. The van der Waals surface area contributed by atoms with Gasteiger partial charge in [0.2, 0.25) is 5.91 Å². The van der Waals surface area contributed by atoms with Crippen molar-refractivity contribution in [3.63, 3.8) is 0 Å². The normalized spacial score (nSPS) is 10.9. The quantitative estimate of drug-likeness (QED) is 0.264. The van der Waals surface area contributed by atoms with Gasteiger partial charge in [-0.2, -0.15) is 0 Å². The molecule has 0 radical (unpaired) electrons. The van der Waals surface area contributed by atoms with E-state index in [2.05, 4.69) is 12.2 Å². The van der Waals surface area contributed by atoms with Crippen LogP contribution in [0.1, 0.15) is 25.7 Å². The van der Waals surface area contributed by atoms with Crippen LogP contribution in [0, 0.1) is 6.92 Å². The molecule has 5 nitrogen and oxygen atoms in total. The van der Waals surface area contributed by atoms with Crippen molar-refractivity contribution in [2.75, 3.05) is 27.9 Å². The van der Waals surface area contributed by atoms with Gasteiger partial charge in [-0.15, -0.1) is 6.54 Å². The molecule has 1 amide bonds. The van der Waals surface area contributed by atoms with Crippen LogP contribution in [0.5, 0.6) is 0 Å². The van der Waals surface area contributed by atoms with Crippen molar-refractivity contribution in [2.24, 2.45) is 0 Å². The van der Waals surface area contributed by atoms with Gasteiger partial charge in [0.25, 0.3) is 0 Å². The van der Waals surface area contributed by atoms with Gasteiger partial charge < -0.3 is 25.5 Å². The largest absolute Gasteiger partial charge is 0.500 e. The Morgan fingerprint density at radius 1 is 1.11 bits per heavy atom. The first-order chi connectivity index (χ1) is 8.14. The second kappa shape index (κ2) is 10.7. The molecule has 18 heavy (non-hydrogen) atoms. The maximum atomic E-state index is 11.2. The van der Waals surface area contributed by atoms with Crippen LogP contribution in [-0.4, -0.2) is 42.6 Å². The van der Waals surface area contributed by atoms with Crippen LogP contribution in [0.4, 0.5) is 0 Å². The number of unbranched alkanes of at least 4 members (excludes halogenated alkanes) is 2. The fraction of sp³-hybridized carbons (Fsp3) is 0.818. The molecule has 0 bridgehead atoms. The summed E-state index contributed by atoms with van der Waals surface area (Å²) in [7, 11) is 2.42. The monoisotopic (exact) mass is 529 g/mol. The minimum Gasteiger partial charge on any atom is -0.386 e. The average molecular weight is 529 g/mol. The number of hydrogen-bond acceptors (Lipinski definition) is 4. The van der Waals surface area contributed by atoms with Gasteiger partial charge >= 0.3 is 8.80 Å². The van der Waals surface area contributed by atoms with Crippen LogP contribution in [0.3, 0.4) is 0 Å². The molecule has 0 rings (SSSR count). The van der Waals surface area contributed by atoms with Gasteiger partial charge in [0.1, 0.15) is 0 Å². The van der Waals surface area contributed by atoms with Gasteiger partial charge in [-0.3, -0.25) is 4.79 Å². The number of rotatable bonds is 10. The zero-order valence-corrected chi connectivity index (χ0v) is 19.2. The number of nitrogens with one attached hydrogen (secondary N) is 1. The van der Waals surface area contributed by atoms with Gasteiger partial charge in [-0.05, 0) is 12.8 Å². The molecule has 0 aromatic carbocycles. The summed E-state index contributed by atoms with van der Waals surface area (Å²) < 4.78 is 15.9. The number of hydrogen-bond donors (Lipinski definition) is 1. The fourth-order valence-electron chi connectivity index (χ4n) is 1.59. The first kappa shape index (κ1) is 18.9. The molecule has 104 valence electrons. The molecule has 0 unspecified atom stereocenters. The Bertz CT molecular complexity index is 207. The third-order valence-corrected chi connectivity index (χ3v) is 5.47. The Hall–Kier alpha value is -1.43. The van der Waals surface area contributed by atoms with Gasteiger partial charge in [-0.1, -0.05) is 6.42 Å². The van der Waals surface area contributed by atoms with Crippen LogP contribution in [0.15, 0.2) is 0 Å². The van der Waals surface area contributed by atoms with Gasteiger partial charge in [0.05, 0.1) is 0 Å². The van der Waals surface area contributed by atoms with Crippen LogP contribution >= 0.6 is 0 Å². The zero-order valence-electron chi connectivity index (χ0n) is 11.8. The molecule has 0 spiro atoms. The molecule has 0 fully saturated rings. The van der Waals surface area contributed by atoms with Crippen molar-refractivity contribution >= 4 is 14.7 Å². The summed E-state index contributed by atoms with van der Waals surface area (Å²) in [6.07, 6.45) is 3.33. The Labute approximate surface area is 105 Å². The van der Waals surface area contributed by atoms with Gasteiger partial charge in [0.15, 0.2) is 0 Å². The molecule has 0 aliphatic heterocycles. The summed E-state index contributed by atoms with van der Waals surface area (Å²) in [6.45, 7) is 4.01. The second-order valence-electron chi connectivity index (χ2n) is 3.71. The van der Waals surface area contributed by atoms with E-state index in [0.29, 0.717) is 13.0 Å². The van der Waals surface area contributed by atoms with Crippen LogP contribution in [0.25, 0.3) is 0 Å². The zero-order chi connectivity index (χ0) is 13.1. The second-order valence-corrected chi connectivity index (χ2v) is 6.80. The SMILES string of the molecule is [CH2-]CNC(=O)CCCCC[Si](OC)(OC)OC.[Rf]. The van der Waals surface area contributed by atoms with Crippen molar-refractivity contribution in [3.8, 4) is 0 Å². The first-order valence-electron chi connectivity index (χ1n) is 5.85. The van der Waals surface area contributed by atoms with Crippen LogP contribution in [0.2, 0.25) is 6.04 Å². The van der Waals surface area contributed by atoms with Crippen LogP contribution < -0.4 is 5.32 Å². The Morgan fingerprint density at radius 3 is 2.11 bits per heavy atom. The number of carbonyl (C=O) groups excluding carboxylic acids is 1. The Morgan fingerprint density at radius 2 is 1.67 bits per heavy atom. The molecule has 0 heterocycles. The van der Waals surface area contributed by atoms with Crippen molar-refractivity contribution < 1.29 is 18.1 Å². The summed E-state index contributed by atoms with van der Waals surface area (Å²) in [4.78, 5) is 11.2. The van der Waals surface area contributed by atoms with E-state index in [1.54, 1.807) is 21.3 Å². The molecule has 0 aromatic heterocycles. The Balaban J connectivity index is 0. The smallest absolute Gasteiger partial charge is 0.386 e. The van der Waals surface area contributed by atoms with Crippen molar-refractivity contribution in [2.45, 2.75) is 31.7 Å². The summed E-state index contributed by atoms with van der Waals surface area (Å²) >= 11 is 0. The predicted octanol–water partition coefficient (Wildman–Crippen LogP) is 1.38. The molecular formula is C11H24NO4RfSi-. The first-order valence-corrected chi connectivity index (χ1v) is 7.78. The van der Waals surface area contributed by atoms with Crippen molar-refractivity contribution in [1.82, 2.24) is 5.32 Å². The summed E-state index contributed by atoms with van der Waals surface area (Å²) in [5.74, 6) is 0.0636. The molecule has 0 atom stereocenters. The third kappa shape index (κ3) is 7.00. The van der Waals surface area contributed by atoms with E-state index in [4.69, 9.17) is 13.3 Å². The molecular weight excluding hydrogens is 505 g/mol. The van der Waals surface area contributed by atoms with E-state index in [9.17, 15) is 4.79 Å². The molecule has 0 aliphatic rings. The standard InChI is InChI=1S/C11H24NO4Si.Rf/c1-5-12-11(13)9-7-6-8-10-17(14-2,15-3)16-4;/h1,5-10H2,2-4H3,(H,12,13);/q-1;. The fourth-order valence-corrected chi connectivity index (χ4v) is 3.38. The van der Waals surface area contributed by atoms with E-state index < -0.39 is 8.80 Å².